The van der Waals surface area contributed by atoms with E-state index in [1.54, 1.807) is 23.5 Å². The van der Waals surface area contributed by atoms with Gasteiger partial charge in [-0.15, -0.1) is 23.5 Å². The quantitative estimate of drug-likeness (QED) is 0.479. The number of quaternary nitrogens is 1. The van der Waals surface area contributed by atoms with Crippen LogP contribution in [0.4, 0.5) is 0 Å². The van der Waals surface area contributed by atoms with Crippen LogP contribution in [-0.4, -0.2) is 81.4 Å². The summed E-state index contributed by atoms with van der Waals surface area (Å²) in [6, 6.07) is -0.832. The molecule has 3 aliphatic rings. The number of carboxylic acid groups (broad SMARTS) is 1. The number of thioether (sulfide) groups is 2. The first-order chi connectivity index (χ1) is 11.0. The highest BCUT2D eigenvalue weighted by Crippen LogP contribution is 2.51. The number of amides is 1. The second kappa shape index (κ2) is 6.82. The highest BCUT2D eigenvalue weighted by atomic mass is 32.2. The first-order valence-corrected chi connectivity index (χ1v) is 10.2. The summed E-state index contributed by atoms with van der Waals surface area (Å²) in [4.78, 5) is 25.1. The third-order valence-electron chi connectivity index (χ3n) is 5.26. The maximum atomic E-state index is 12.1. The van der Waals surface area contributed by atoms with Gasteiger partial charge in [-0.3, -0.25) is 4.79 Å². The van der Waals surface area contributed by atoms with Crippen molar-refractivity contribution in [2.24, 2.45) is 5.92 Å². The van der Waals surface area contributed by atoms with E-state index in [9.17, 15) is 14.7 Å². The summed E-state index contributed by atoms with van der Waals surface area (Å²) < 4.78 is 0.909. The van der Waals surface area contributed by atoms with Gasteiger partial charge in [0.05, 0.1) is 54.6 Å². The number of carbonyl (C=O) groups is 2. The van der Waals surface area contributed by atoms with Crippen LogP contribution < -0.4 is 5.11 Å². The number of likely N-dealkylation sites (tertiary alicyclic amines) is 1. The van der Waals surface area contributed by atoms with Crippen molar-refractivity contribution in [1.82, 2.24) is 4.90 Å². The topological polar surface area (TPSA) is 80.7 Å². The average molecular weight is 361 g/mol. The molecule has 3 heterocycles. The summed E-state index contributed by atoms with van der Waals surface area (Å²) in [6.45, 7) is 3.41. The van der Waals surface area contributed by atoms with Gasteiger partial charge in [0.25, 0.3) is 0 Å². The molecule has 0 radical (unpaired) electrons. The average Bonchev–Trinajstić information content (AvgIpc) is 3.07. The Morgan fingerprint density at radius 2 is 2.17 bits per heavy atom. The minimum Gasteiger partial charge on any atom is -0.548 e. The first-order valence-electron chi connectivity index (χ1n) is 8.21. The van der Waals surface area contributed by atoms with Crippen LogP contribution in [0.25, 0.3) is 0 Å². The number of nitrogens with zero attached hydrogens (tertiary/aromatic N) is 2. The molecule has 3 rings (SSSR count). The van der Waals surface area contributed by atoms with Crippen molar-refractivity contribution >= 4 is 35.4 Å². The second-order valence-corrected chi connectivity index (χ2v) is 9.70. The van der Waals surface area contributed by atoms with E-state index >= 15 is 0 Å². The zero-order valence-electron chi connectivity index (χ0n) is 13.3. The summed E-state index contributed by atoms with van der Waals surface area (Å²) in [7, 11) is 2.26. The number of aliphatic hydroxyl groups excluding tert-OH is 1. The molecule has 23 heavy (non-hydrogen) atoms. The minimum atomic E-state index is -1.16. The molecule has 0 aliphatic carbocycles. The number of carbonyl (C=O) groups excluding carboxylic acids is 2. The molecule has 0 aromatic carbocycles. The number of β-lactam (4-membered cyclic amide) rings is 1. The molecule has 6 nitrogen and oxygen atoms in total. The highest BCUT2D eigenvalue weighted by Gasteiger charge is 2.58. The summed E-state index contributed by atoms with van der Waals surface area (Å²) >= 11 is 3.20. The number of hydrogen-bond donors (Lipinski definition) is 1. The smallest absolute Gasteiger partial charge is 0.230 e. The van der Waals surface area contributed by atoms with Crippen LogP contribution in [-0.2, 0) is 9.59 Å². The zero-order valence-corrected chi connectivity index (χ0v) is 15.0. The van der Waals surface area contributed by atoms with E-state index in [4.69, 9.17) is 5.11 Å². The van der Waals surface area contributed by atoms with Gasteiger partial charge in [-0.2, -0.15) is 0 Å². The number of aliphatic carboxylic acids is 1. The van der Waals surface area contributed by atoms with Crippen LogP contribution in [0.15, 0.2) is 0 Å². The predicted molar refractivity (Wildman–Crippen MR) is 88.5 cm³/mol. The van der Waals surface area contributed by atoms with E-state index < -0.39 is 12.0 Å². The number of fused-ring (bicyclic) bond motifs is 1. The molecule has 3 fully saturated rings. The SMILES string of the molecule is C[N+]1(CCSC2SC3[C@@H](CCO)C(=O)N3C2C(=O)[O-])CCCC1. The Hall–Kier alpha value is -0.440. The van der Waals surface area contributed by atoms with Gasteiger partial charge >= 0.3 is 0 Å². The molecule has 3 unspecified atom stereocenters. The number of carboxylic acids is 1. The lowest BCUT2D eigenvalue weighted by molar-refractivity contribution is -0.895. The van der Waals surface area contributed by atoms with Crippen LogP contribution in [0.3, 0.4) is 0 Å². The third-order valence-corrected chi connectivity index (χ3v) is 8.37. The van der Waals surface area contributed by atoms with Crippen molar-refractivity contribution in [3.8, 4) is 0 Å². The molecule has 3 saturated heterocycles. The Labute approximate surface area is 145 Å². The second-order valence-electron chi connectivity index (χ2n) is 6.89. The van der Waals surface area contributed by atoms with Crippen LogP contribution >= 0.6 is 23.5 Å². The maximum Gasteiger partial charge on any atom is 0.230 e. The molecule has 0 aromatic rings. The molecular weight excluding hydrogens is 336 g/mol. The lowest BCUT2D eigenvalue weighted by Crippen LogP contribution is -2.63. The Morgan fingerprint density at radius 3 is 2.78 bits per heavy atom. The fourth-order valence-electron chi connectivity index (χ4n) is 3.82. The van der Waals surface area contributed by atoms with Crippen LogP contribution in [0.5, 0.6) is 0 Å². The summed E-state index contributed by atoms with van der Waals surface area (Å²) in [5.74, 6) is -0.639. The van der Waals surface area contributed by atoms with Crippen molar-refractivity contribution in [3.63, 3.8) is 0 Å². The molecular formula is C15H24N2O4S2. The summed E-state index contributed by atoms with van der Waals surface area (Å²) in [6.07, 6.45) is 2.96. The predicted octanol–water partition coefficient (Wildman–Crippen LogP) is -0.682. The molecule has 0 spiro atoms. The van der Waals surface area contributed by atoms with Gasteiger partial charge in [0.15, 0.2) is 0 Å². The van der Waals surface area contributed by atoms with Gasteiger partial charge in [-0.25, -0.2) is 0 Å². The highest BCUT2D eigenvalue weighted by molar-refractivity contribution is 8.17. The van der Waals surface area contributed by atoms with E-state index in [2.05, 4.69) is 7.05 Å². The molecule has 1 amide bonds. The van der Waals surface area contributed by atoms with E-state index in [1.165, 1.54) is 30.8 Å². The normalized spacial score (nSPS) is 35.2. The Kier molecular flexibility index (Phi) is 5.15. The molecule has 3 aliphatic heterocycles. The number of rotatable bonds is 7. The number of hydrogen-bond acceptors (Lipinski definition) is 6. The fourth-order valence-corrected chi connectivity index (χ4v) is 7.44. The molecule has 130 valence electrons. The monoisotopic (exact) mass is 360 g/mol. The van der Waals surface area contributed by atoms with E-state index in [1.807, 2.05) is 0 Å². The summed E-state index contributed by atoms with van der Waals surface area (Å²) in [5, 5.41) is 20.5. The molecule has 0 saturated carbocycles. The van der Waals surface area contributed by atoms with Crippen molar-refractivity contribution in [2.75, 3.05) is 39.0 Å². The van der Waals surface area contributed by atoms with Crippen molar-refractivity contribution < 1.29 is 24.3 Å². The van der Waals surface area contributed by atoms with Gasteiger partial charge in [0.2, 0.25) is 5.91 Å². The van der Waals surface area contributed by atoms with Gasteiger partial charge in [0.1, 0.15) is 0 Å². The standard InChI is InChI=1S/C15H24N2O4S2/c1-17(5-2-3-6-17)7-9-22-15-11(14(20)21)16-12(19)10(4-8-18)13(16)23-15/h10-11,13,15,18H,2-9H2,1H3/t10-,11?,13?,15?/m0/s1. The van der Waals surface area contributed by atoms with Gasteiger partial charge < -0.3 is 24.4 Å². The number of aliphatic hydroxyl groups is 1. The Bertz CT molecular complexity index is 484. The Morgan fingerprint density at radius 1 is 1.48 bits per heavy atom. The van der Waals surface area contributed by atoms with Gasteiger partial charge in [0, 0.05) is 25.2 Å². The molecule has 4 atom stereocenters. The molecule has 0 aromatic heterocycles. The van der Waals surface area contributed by atoms with Gasteiger partial charge in [-0.05, 0) is 6.42 Å². The fraction of sp³-hybridized carbons (Fsp3) is 0.867. The van der Waals surface area contributed by atoms with E-state index in [0.29, 0.717) is 6.42 Å². The van der Waals surface area contributed by atoms with Crippen molar-refractivity contribution in [2.45, 2.75) is 35.3 Å². The molecule has 1 N–H and O–H groups in total. The lowest BCUT2D eigenvalue weighted by Gasteiger charge is -2.44. The van der Waals surface area contributed by atoms with E-state index in [0.717, 1.165) is 16.8 Å². The van der Waals surface area contributed by atoms with Crippen LogP contribution in [0.2, 0.25) is 0 Å². The van der Waals surface area contributed by atoms with Crippen molar-refractivity contribution in [3.05, 3.63) is 0 Å². The van der Waals surface area contributed by atoms with Crippen molar-refractivity contribution in [1.29, 1.82) is 0 Å². The van der Waals surface area contributed by atoms with Gasteiger partial charge in [-0.1, -0.05) is 0 Å². The van der Waals surface area contributed by atoms with Crippen LogP contribution in [0.1, 0.15) is 19.3 Å². The van der Waals surface area contributed by atoms with Crippen LogP contribution in [0, 0.1) is 5.92 Å². The minimum absolute atomic E-state index is 0.0368. The Balaban J connectivity index is 1.58. The largest absolute Gasteiger partial charge is 0.548 e. The lowest BCUT2D eigenvalue weighted by atomic mass is 9.93. The summed E-state index contributed by atoms with van der Waals surface area (Å²) in [5.41, 5.74) is 0. The molecule has 8 heteroatoms. The third kappa shape index (κ3) is 3.23. The zero-order chi connectivity index (χ0) is 16.6. The van der Waals surface area contributed by atoms with E-state index in [-0.39, 0.29) is 28.4 Å². The maximum absolute atomic E-state index is 12.1. The first kappa shape index (κ1) is 17.4. The molecule has 0 bridgehead atoms.